The summed E-state index contributed by atoms with van der Waals surface area (Å²) in [5.74, 6) is -0.525. The van der Waals surface area contributed by atoms with Crippen LogP contribution in [0.25, 0.3) is 10.9 Å². The quantitative estimate of drug-likeness (QED) is 0.123. The van der Waals surface area contributed by atoms with Crippen molar-refractivity contribution in [1.29, 1.82) is 5.26 Å². The Morgan fingerprint density at radius 3 is 2.50 bits per heavy atom. The first-order valence-corrected chi connectivity index (χ1v) is 18.1. The van der Waals surface area contributed by atoms with Crippen LogP contribution in [-0.2, 0) is 4.79 Å². The first-order chi connectivity index (χ1) is 24.8. The lowest BCUT2D eigenvalue weighted by molar-refractivity contribution is -0.130. The molecule has 0 unspecified atom stereocenters. The summed E-state index contributed by atoms with van der Waals surface area (Å²) in [6.07, 6.45) is 11.8. The minimum absolute atomic E-state index is 0.0279. The highest BCUT2D eigenvalue weighted by Crippen LogP contribution is 2.37. The zero-order valence-corrected chi connectivity index (χ0v) is 31.3. The normalized spacial score (nSPS) is 16.5. The molecule has 10 nitrogen and oxygen atoms in total. The van der Waals surface area contributed by atoms with Crippen LogP contribution in [0.5, 0.6) is 0 Å². The van der Waals surface area contributed by atoms with E-state index in [4.69, 9.17) is 23.2 Å². The minimum atomic E-state index is -0.553. The van der Waals surface area contributed by atoms with E-state index in [0.717, 1.165) is 45.4 Å². The number of halogens is 3. The number of hydrogen-bond acceptors (Lipinski definition) is 8. The van der Waals surface area contributed by atoms with E-state index in [1.807, 2.05) is 40.9 Å². The van der Waals surface area contributed by atoms with Gasteiger partial charge in [-0.1, -0.05) is 53.2 Å². The molecule has 2 aliphatic rings. The van der Waals surface area contributed by atoms with Gasteiger partial charge in [0.15, 0.2) is 0 Å². The monoisotopic (exact) mass is 741 g/mol. The van der Waals surface area contributed by atoms with Gasteiger partial charge in [0.1, 0.15) is 17.6 Å². The van der Waals surface area contributed by atoms with E-state index >= 15 is 0 Å². The summed E-state index contributed by atoms with van der Waals surface area (Å²) in [4.78, 5) is 21.5. The number of benzene rings is 2. The van der Waals surface area contributed by atoms with Gasteiger partial charge in [0, 0.05) is 60.2 Å². The second kappa shape index (κ2) is 15.5. The van der Waals surface area contributed by atoms with Gasteiger partial charge in [-0.05, 0) is 82.9 Å². The lowest BCUT2D eigenvalue weighted by Crippen LogP contribution is -2.46. The van der Waals surface area contributed by atoms with Gasteiger partial charge < -0.3 is 15.5 Å². The number of pyridine rings is 1. The van der Waals surface area contributed by atoms with Gasteiger partial charge in [0.2, 0.25) is 5.91 Å². The highest BCUT2D eigenvalue weighted by molar-refractivity contribution is 6.36. The van der Waals surface area contributed by atoms with Crippen LogP contribution in [0.4, 0.5) is 21.5 Å². The molecule has 13 heteroatoms. The number of nitriles is 1. The van der Waals surface area contributed by atoms with Gasteiger partial charge in [-0.2, -0.15) is 5.26 Å². The molecule has 2 aromatic carbocycles. The van der Waals surface area contributed by atoms with E-state index in [0.29, 0.717) is 49.8 Å². The Balaban J connectivity index is 1.33. The zero-order chi connectivity index (χ0) is 37.2. The molecule has 6 rings (SSSR count). The van der Waals surface area contributed by atoms with E-state index in [1.54, 1.807) is 12.1 Å². The van der Waals surface area contributed by atoms with Crippen molar-refractivity contribution in [2.24, 2.45) is 0 Å². The van der Waals surface area contributed by atoms with E-state index in [9.17, 15) is 14.4 Å². The van der Waals surface area contributed by atoms with Crippen molar-refractivity contribution in [3.05, 3.63) is 106 Å². The smallest absolute Gasteiger partial charge is 0.249 e. The Hall–Kier alpha value is -4.76. The molecular formula is C39H42Cl2FN9O. The van der Waals surface area contributed by atoms with Crippen LogP contribution in [0.1, 0.15) is 70.3 Å². The summed E-state index contributed by atoms with van der Waals surface area (Å²) in [5, 5.41) is 26.8. The second-order valence-corrected chi connectivity index (χ2v) is 15.1. The third-order valence-corrected chi connectivity index (χ3v) is 10.2. The van der Waals surface area contributed by atoms with Crippen molar-refractivity contribution in [3.8, 4) is 6.07 Å². The second-order valence-electron chi connectivity index (χ2n) is 14.3. The molecule has 2 aromatic heterocycles. The van der Waals surface area contributed by atoms with Gasteiger partial charge in [-0.15, -0.1) is 5.10 Å². The maximum Gasteiger partial charge on any atom is 0.249 e. The van der Waals surface area contributed by atoms with Crippen LogP contribution in [0, 0.1) is 17.1 Å². The van der Waals surface area contributed by atoms with Crippen molar-refractivity contribution in [2.45, 2.75) is 64.6 Å². The van der Waals surface area contributed by atoms with Crippen molar-refractivity contribution in [3.63, 3.8) is 0 Å². The number of carbonyl (C=O) groups is 1. The number of nitrogens with one attached hydrogen (secondary N) is 2. The van der Waals surface area contributed by atoms with Gasteiger partial charge >= 0.3 is 0 Å². The van der Waals surface area contributed by atoms with E-state index in [1.165, 1.54) is 24.4 Å². The molecule has 270 valence electrons. The highest BCUT2D eigenvalue weighted by Gasteiger charge is 2.29. The number of allylic oxidation sites excluding steroid dienone is 2. The first-order valence-electron chi connectivity index (χ1n) is 17.3. The number of aromatic nitrogens is 4. The van der Waals surface area contributed by atoms with Gasteiger partial charge in [0.05, 0.1) is 45.1 Å². The Labute approximate surface area is 313 Å². The number of carbonyl (C=O) groups excluding carboxylic acids is 1. The molecule has 52 heavy (non-hydrogen) atoms. The summed E-state index contributed by atoms with van der Waals surface area (Å²) >= 11 is 12.9. The van der Waals surface area contributed by atoms with Crippen molar-refractivity contribution in [2.75, 3.05) is 36.8 Å². The molecule has 4 heterocycles. The molecule has 1 amide bonds. The average Bonchev–Trinajstić information content (AvgIpc) is 3.58. The molecule has 1 atom stereocenters. The molecule has 0 spiro atoms. The van der Waals surface area contributed by atoms with Crippen LogP contribution in [0.2, 0.25) is 10.0 Å². The van der Waals surface area contributed by atoms with Crippen molar-refractivity contribution in [1.82, 2.24) is 29.8 Å². The lowest BCUT2D eigenvalue weighted by Gasteiger charge is -2.40. The molecule has 0 saturated carbocycles. The predicted octanol–water partition coefficient (Wildman–Crippen LogP) is 8.77. The van der Waals surface area contributed by atoms with Crippen molar-refractivity contribution < 1.29 is 9.18 Å². The fraction of sp³-hybridized carbons (Fsp3) is 0.359. The number of fused-ring (bicyclic) bond motifs is 1. The van der Waals surface area contributed by atoms with Gasteiger partial charge in [-0.3, -0.25) is 14.7 Å². The van der Waals surface area contributed by atoms with Crippen molar-refractivity contribution >= 4 is 57.1 Å². The summed E-state index contributed by atoms with van der Waals surface area (Å²) in [5.41, 5.74) is 4.36. The number of likely N-dealkylation sites (tertiary alicyclic amines) is 2. The third kappa shape index (κ3) is 8.15. The summed E-state index contributed by atoms with van der Waals surface area (Å²) in [7, 11) is 0. The van der Waals surface area contributed by atoms with Crippen LogP contribution in [-0.4, -0.2) is 67.4 Å². The zero-order valence-electron chi connectivity index (χ0n) is 29.8. The molecule has 0 aliphatic carbocycles. The van der Waals surface area contributed by atoms with Gasteiger partial charge in [-0.25, -0.2) is 9.07 Å². The van der Waals surface area contributed by atoms with Crippen LogP contribution >= 0.6 is 23.2 Å². The number of hydrogen-bond donors (Lipinski definition) is 2. The third-order valence-electron chi connectivity index (χ3n) is 9.66. The van der Waals surface area contributed by atoms with E-state index in [2.05, 4.69) is 64.2 Å². The molecule has 0 radical (unpaired) electrons. The van der Waals surface area contributed by atoms with E-state index < -0.39 is 11.9 Å². The Kier molecular flexibility index (Phi) is 11.0. The molecule has 2 saturated heterocycles. The molecular weight excluding hydrogens is 700 g/mol. The number of piperidine rings is 1. The molecule has 2 aliphatic heterocycles. The topological polar surface area (TPSA) is 115 Å². The fourth-order valence-electron chi connectivity index (χ4n) is 6.46. The molecule has 0 bridgehead atoms. The standard InChI is InChI=1S/C39H42Cl2FN9O/c1-24(8-6-9-25(2)38(52)49-14-7-15-49)35(34-23-51(48-47-34)29-12-16-50(17-13-29)39(3,4)5)46-28-18-30-36(45-27-10-11-33(42)31(40)19-27)26(21-43)22-44-37(30)32(41)20-28/h6,8-11,18-20,22-23,29,35,46H,1,7,12-17H2,2-5H3,(H,44,45)/b8-6-,25-9+/t35-/m0/s1. The number of amides is 1. The van der Waals surface area contributed by atoms with Crippen LogP contribution in [0.15, 0.2) is 78.7 Å². The minimum Gasteiger partial charge on any atom is -0.373 e. The number of nitrogens with zero attached hydrogens (tertiary/aromatic N) is 7. The van der Waals surface area contributed by atoms with Gasteiger partial charge in [0.25, 0.3) is 0 Å². The maximum absolute atomic E-state index is 13.9. The fourth-order valence-corrected chi connectivity index (χ4v) is 6.91. The lowest BCUT2D eigenvalue weighted by atomic mass is 9.98. The largest absolute Gasteiger partial charge is 0.373 e. The maximum atomic E-state index is 13.9. The number of rotatable bonds is 10. The average molecular weight is 743 g/mol. The highest BCUT2D eigenvalue weighted by atomic mass is 35.5. The van der Waals surface area contributed by atoms with Crippen LogP contribution < -0.4 is 10.6 Å². The number of anilines is 3. The predicted molar refractivity (Wildman–Crippen MR) is 205 cm³/mol. The summed E-state index contributed by atoms with van der Waals surface area (Å²) < 4.78 is 15.9. The summed E-state index contributed by atoms with van der Waals surface area (Å²) in [6.45, 7) is 16.4. The Bertz CT molecular complexity index is 2100. The van der Waals surface area contributed by atoms with E-state index in [-0.39, 0.29) is 28.1 Å². The SMILES string of the molecule is C=C(/C=C\C=C(/C)C(=O)N1CCC1)[C@H](Nc1cc(Cl)c2ncc(C#N)c(Nc3ccc(F)c(Cl)c3)c2c1)c1cn(C2CCN(C(C)(C)C)CC2)nn1. The first kappa shape index (κ1) is 37.0. The van der Waals surface area contributed by atoms with Crippen LogP contribution in [0.3, 0.4) is 0 Å². The Morgan fingerprint density at radius 1 is 1.12 bits per heavy atom. The molecule has 2 N–H and O–H groups in total. The molecule has 2 fully saturated rings. The molecule has 4 aromatic rings. The Morgan fingerprint density at radius 2 is 1.85 bits per heavy atom. The summed E-state index contributed by atoms with van der Waals surface area (Å²) in [6, 6.07) is 9.69.